The first-order chi connectivity index (χ1) is 9.01. The zero-order chi connectivity index (χ0) is 14.4. The maximum Gasteiger partial charge on any atom is 0.194 e. The Morgan fingerprint density at radius 2 is 1.74 bits per heavy atom. The monoisotopic (exact) mass is 274 g/mol. The van der Waals surface area contributed by atoms with Crippen molar-refractivity contribution >= 4 is 5.78 Å². The molecule has 2 nitrogen and oxygen atoms in total. The van der Waals surface area contributed by atoms with E-state index in [9.17, 15) is 18.0 Å². The van der Waals surface area contributed by atoms with Crippen molar-refractivity contribution in [3.05, 3.63) is 35.1 Å². The Bertz CT molecular complexity index is 423. The molecule has 0 N–H and O–H groups in total. The number of rotatable bonds is 7. The van der Waals surface area contributed by atoms with Crippen molar-refractivity contribution in [3.8, 4) is 0 Å². The zero-order valence-corrected chi connectivity index (χ0v) is 11.0. The average Bonchev–Trinajstić information content (AvgIpc) is 2.36. The third kappa shape index (κ3) is 4.06. The fourth-order valence-electron chi connectivity index (χ4n) is 1.71. The van der Waals surface area contributed by atoms with E-state index in [1.807, 2.05) is 13.8 Å². The summed E-state index contributed by atoms with van der Waals surface area (Å²) in [6.07, 6.45) is 0.484. The largest absolute Gasteiger partial charge is 0.366 e. The van der Waals surface area contributed by atoms with E-state index in [0.717, 1.165) is 12.1 Å². The highest BCUT2D eigenvalue weighted by Gasteiger charge is 2.23. The SMILES string of the molecule is CCCOC(C(=O)CCC)c1cc(F)c(F)c(F)c1. The number of benzene rings is 1. The van der Waals surface area contributed by atoms with Crippen LogP contribution in [0.2, 0.25) is 0 Å². The molecule has 0 aliphatic heterocycles. The molecular formula is C14H17F3O2. The Kier molecular flexibility index (Phi) is 6.02. The number of hydrogen-bond donors (Lipinski definition) is 0. The zero-order valence-electron chi connectivity index (χ0n) is 11.0. The van der Waals surface area contributed by atoms with Gasteiger partial charge in [0.05, 0.1) is 0 Å². The van der Waals surface area contributed by atoms with E-state index in [1.54, 1.807) is 0 Å². The van der Waals surface area contributed by atoms with Gasteiger partial charge in [0.1, 0.15) is 6.10 Å². The molecule has 106 valence electrons. The van der Waals surface area contributed by atoms with Gasteiger partial charge in [0.15, 0.2) is 23.2 Å². The van der Waals surface area contributed by atoms with Gasteiger partial charge in [0.25, 0.3) is 0 Å². The molecule has 1 aromatic rings. The second-order valence-electron chi connectivity index (χ2n) is 4.27. The van der Waals surface area contributed by atoms with E-state index in [1.165, 1.54) is 0 Å². The second-order valence-corrected chi connectivity index (χ2v) is 4.27. The molecule has 0 amide bonds. The van der Waals surface area contributed by atoms with Crippen LogP contribution in [0.4, 0.5) is 13.2 Å². The van der Waals surface area contributed by atoms with Crippen molar-refractivity contribution in [1.82, 2.24) is 0 Å². The highest BCUT2D eigenvalue weighted by molar-refractivity contribution is 5.84. The number of carbonyl (C=O) groups is 1. The number of carbonyl (C=O) groups excluding carboxylic acids is 1. The summed E-state index contributed by atoms with van der Waals surface area (Å²) in [6.45, 7) is 3.97. The van der Waals surface area contributed by atoms with Crippen molar-refractivity contribution in [3.63, 3.8) is 0 Å². The molecule has 1 aromatic carbocycles. The van der Waals surface area contributed by atoms with Crippen LogP contribution in [0.15, 0.2) is 12.1 Å². The Morgan fingerprint density at radius 3 is 2.21 bits per heavy atom. The van der Waals surface area contributed by atoms with Crippen molar-refractivity contribution in [2.24, 2.45) is 0 Å². The normalized spacial score (nSPS) is 12.5. The van der Waals surface area contributed by atoms with Gasteiger partial charge in [-0.05, 0) is 30.5 Å². The van der Waals surface area contributed by atoms with Crippen molar-refractivity contribution in [1.29, 1.82) is 0 Å². The number of hydrogen-bond acceptors (Lipinski definition) is 2. The van der Waals surface area contributed by atoms with E-state index in [4.69, 9.17) is 4.74 Å². The summed E-state index contributed by atoms with van der Waals surface area (Å²) in [5.74, 6) is -4.43. The first kappa shape index (κ1) is 15.7. The van der Waals surface area contributed by atoms with E-state index < -0.39 is 23.6 Å². The van der Waals surface area contributed by atoms with Crippen LogP contribution in [-0.2, 0) is 9.53 Å². The standard InChI is InChI=1S/C14H17F3O2/c1-3-5-12(18)14(19-6-4-2)9-7-10(15)13(17)11(16)8-9/h7-8,14H,3-6H2,1-2H3. The molecule has 1 atom stereocenters. The summed E-state index contributed by atoms with van der Waals surface area (Å²) in [4.78, 5) is 11.9. The fourth-order valence-corrected chi connectivity index (χ4v) is 1.71. The predicted octanol–water partition coefficient (Wildman–Crippen LogP) is 3.94. The molecule has 5 heteroatoms. The Morgan fingerprint density at radius 1 is 1.16 bits per heavy atom. The maximum absolute atomic E-state index is 13.2. The van der Waals surface area contributed by atoms with Crippen LogP contribution in [0.25, 0.3) is 0 Å². The Hall–Kier alpha value is -1.36. The minimum Gasteiger partial charge on any atom is -0.366 e. The first-order valence-corrected chi connectivity index (χ1v) is 6.30. The molecule has 0 fully saturated rings. The van der Waals surface area contributed by atoms with Gasteiger partial charge < -0.3 is 4.74 Å². The van der Waals surface area contributed by atoms with E-state index in [2.05, 4.69) is 0 Å². The van der Waals surface area contributed by atoms with Crippen LogP contribution in [0.3, 0.4) is 0 Å². The van der Waals surface area contributed by atoms with E-state index >= 15 is 0 Å². The first-order valence-electron chi connectivity index (χ1n) is 6.30. The average molecular weight is 274 g/mol. The molecule has 0 saturated heterocycles. The summed E-state index contributed by atoms with van der Waals surface area (Å²) in [7, 11) is 0. The molecule has 0 spiro atoms. The van der Waals surface area contributed by atoms with Gasteiger partial charge in [0.2, 0.25) is 0 Å². The van der Waals surface area contributed by atoms with Crippen LogP contribution >= 0.6 is 0 Å². The van der Waals surface area contributed by atoms with E-state index in [-0.39, 0.29) is 17.8 Å². The number of ketones is 1. The van der Waals surface area contributed by atoms with Crippen LogP contribution in [-0.4, -0.2) is 12.4 Å². The lowest BCUT2D eigenvalue weighted by Gasteiger charge is -2.17. The molecule has 0 aliphatic carbocycles. The summed E-state index contributed by atoms with van der Waals surface area (Å²) in [5.41, 5.74) is 0.0169. The molecule has 1 rings (SSSR count). The third-order valence-corrected chi connectivity index (χ3v) is 2.59. The Balaban J connectivity index is 3.06. The lowest BCUT2D eigenvalue weighted by molar-refractivity contribution is -0.131. The molecular weight excluding hydrogens is 257 g/mol. The topological polar surface area (TPSA) is 26.3 Å². The third-order valence-electron chi connectivity index (χ3n) is 2.59. The van der Waals surface area contributed by atoms with Gasteiger partial charge in [-0.25, -0.2) is 13.2 Å². The summed E-state index contributed by atoms with van der Waals surface area (Å²) < 4.78 is 44.6. The van der Waals surface area contributed by atoms with Gasteiger partial charge >= 0.3 is 0 Å². The minimum atomic E-state index is -1.54. The molecule has 0 saturated carbocycles. The maximum atomic E-state index is 13.2. The van der Waals surface area contributed by atoms with Crippen LogP contribution in [0.5, 0.6) is 0 Å². The molecule has 0 bridgehead atoms. The molecule has 1 unspecified atom stereocenters. The van der Waals surface area contributed by atoms with Crippen LogP contribution in [0.1, 0.15) is 44.8 Å². The van der Waals surface area contributed by atoms with Gasteiger partial charge in [-0.3, -0.25) is 4.79 Å². The molecule has 0 radical (unpaired) electrons. The second kappa shape index (κ2) is 7.28. The van der Waals surface area contributed by atoms with Crippen molar-refractivity contribution in [2.45, 2.75) is 39.2 Å². The number of halogens is 3. The lowest BCUT2D eigenvalue weighted by Crippen LogP contribution is -2.17. The van der Waals surface area contributed by atoms with Gasteiger partial charge in [0, 0.05) is 13.0 Å². The highest BCUT2D eigenvalue weighted by atomic mass is 19.2. The quantitative estimate of drug-likeness (QED) is 0.704. The lowest BCUT2D eigenvalue weighted by atomic mass is 10.0. The van der Waals surface area contributed by atoms with Crippen molar-refractivity contribution in [2.75, 3.05) is 6.61 Å². The van der Waals surface area contributed by atoms with Gasteiger partial charge in [-0.2, -0.15) is 0 Å². The smallest absolute Gasteiger partial charge is 0.194 e. The van der Waals surface area contributed by atoms with Gasteiger partial charge in [-0.1, -0.05) is 13.8 Å². The molecule has 19 heavy (non-hydrogen) atoms. The fraction of sp³-hybridized carbons (Fsp3) is 0.500. The summed E-state index contributed by atoms with van der Waals surface area (Å²) in [6, 6.07) is 1.62. The highest BCUT2D eigenvalue weighted by Crippen LogP contribution is 2.24. The molecule has 0 heterocycles. The van der Waals surface area contributed by atoms with Crippen LogP contribution < -0.4 is 0 Å². The molecule has 0 aromatic heterocycles. The summed E-state index contributed by atoms with van der Waals surface area (Å²) in [5, 5.41) is 0. The number of Topliss-reactive ketones (excluding diaryl/α,β-unsaturated/α-hetero) is 1. The Labute approximate surface area is 110 Å². The van der Waals surface area contributed by atoms with Gasteiger partial charge in [-0.15, -0.1) is 0 Å². The number of ether oxygens (including phenoxy) is 1. The minimum absolute atomic E-state index is 0.0169. The predicted molar refractivity (Wildman–Crippen MR) is 65.2 cm³/mol. The van der Waals surface area contributed by atoms with Crippen LogP contribution in [0, 0.1) is 17.5 Å². The van der Waals surface area contributed by atoms with Crippen molar-refractivity contribution < 1.29 is 22.7 Å². The summed E-state index contributed by atoms with van der Waals surface area (Å²) >= 11 is 0. The van der Waals surface area contributed by atoms with E-state index in [0.29, 0.717) is 19.4 Å². The molecule has 0 aliphatic rings.